The van der Waals surface area contributed by atoms with Crippen molar-refractivity contribution in [2.24, 2.45) is 0 Å². The highest BCUT2D eigenvalue weighted by Crippen LogP contribution is 2.21. The number of hydrogen-bond donors (Lipinski definition) is 2. The average molecular weight is 314 g/mol. The molecule has 0 saturated heterocycles. The van der Waals surface area contributed by atoms with E-state index in [1.165, 1.54) is 0 Å². The Hall–Kier alpha value is -1.79. The van der Waals surface area contributed by atoms with Crippen LogP contribution in [0.25, 0.3) is 0 Å². The quantitative estimate of drug-likeness (QED) is 0.778. The maximum absolute atomic E-state index is 11.5. The van der Waals surface area contributed by atoms with Gasteiger partial charge >= 0.3 is 6.03 Å². The molecule has 1 atom stereocenters. The molecule has 0 fully saturated rings. The van der Waals surface area contributed by atoms with Crippen LogP contribution in [-0.4, -0.2) is 50.5 Å². The molecule has 0 spiro atoms. The molecule has 1 rings (SSSR count). The second kappa shape index (κ2) is 8.49. The number of nitrogens with one attached hydrogen (secondary N) is 2. The lowest BCUT2D eigenvalue weighted by molar-refractivity contribution is -0.117. The largest absolute Gasteiger partial charge is 0.497 e. The van der Waals surface area contributed by atoms with Gasteiger partial charge in [-0.05, 0) is 31.8 Å². The van der Waals surface area contributed by atoms with E-state index in [1.54, 1.807) is 7.11 Å². The van der Waals surface area contributed by atoms with Crippen molar-refractivity contribution in [3.8, 4) is 5.75 Å². The summed E-state index contributed by atoms with van der Waals surface area (Å²) in [6.45, 7) is 0.349. The van der Waals surface area contributed by atoms with E-state index in [0.29, 0.717) is 6.54 Å². The first-order chi connectivity index (χ1) is 9.97. The molecule has 21 heavy (non-hydrogen) atoms. The monoisotopic (exact) mass is 313 g/mol. The van der Waals surface area contributed by atoms with Crippen LogP contribution < -0.4 is 15.4 Å². The van der Waals surface area contributed by atoms with E-state index < -0.39 is 11.9 Å². The van der Waals surface area contributed by atoms with Crippen LogP contribution in [0.5, 0.6) is 5.75 Å². The van der Waals surface area contributed by atoms with Crippen molar-refractivity contribution >= 4 is 23.5 Å². The molecule has 0 saturated carbocycles. The maximum atomic E-state index is 11.5. The fourth-order valence-electron chi connectivity index (χ4n) is 1.84. The van der Waals surface area contributed by atoms with Crippen molar-refractivity contribution in [1.82, 2.24) is 15.5 Å². The minimum atomic E-state index is -0.560. The minimum Gasteiger partial charge on any atom is -0.497 e. The molecular weight excluding hydrogens is 294 g/mol. The maximum Gasteiger partial charge on any atom is 0.321 e. The molecule has 1 unspecified atom stereocenters. The lowest BCUT2D eigenvalue weighted by atomic mass is 10.1. The molecule has 2 N–H and O–H groups in total. The van der Waals surface area contributed by atoms with Crippen molar-refractivity contribution in [3.05, 3.63) is 29.8 Å². The fraction of sp³-hybridized carbons (Fsp3) is 0.429. The summed E-state index contributed by atoms with van der Waals surface area (Å²) in [6, 6.07) is 7.01. The number of halogens is 1. The molecule has 6 nitrogen and oxygen atoms in total. The third-order valence-electron chi connectivity index (χ3n) is 2.93. The van der Waals surface area contributed by atoms with Gasteiger partial charge in [-0.25, -0.2) is 4.79 Å². The predicted octanol–water partition coefficient (Wildman–Crippen LogP) is 1.36. The van der Waals surface area contributed by atoms with Crippen LogP contribution in [0.15, 0.2) is 24.3 Å². The zero-order valence-electron chi connectivity index (χ0n) is 12.4. The van der Waals surface area contributed by atoms with Gasteiger partial charge in [-0.15, -0.1) is 11.6 Å². The number of hydrogen-bond acceptors (Lipinski definition) is 4. The highest BCUT2D eigenvalue weighted by atomic mass is 35.5. The number of carbonyl (C=O) groups excluding carboxylic acids is 2. The van der Waals surface area contributed by atoms with Crippen molar-refractivity contribution in [2.45, 2.75) is 6.04 Å². The summed E-state index contributed by atoms with van der Waals surface area (Å²) in [5, 5.41) is 4.79. The molecule has 0 aliphatic rings. The summed E-state index contributed by atoms with van der Waals surface area (Å²) in [4.78, 5) is 24.5. The van der Waals surface area contributed by atoms with Crippen LogP contribution in [0, 0.1) is 0 Å². The van der Waals surface area contributed by atoms with Crippen LogP contribution in [0.3, 0.4) is 0 Å². The van der Waals surface area contributed by atoms with Gasteiger partial charge in [-0.2, -0.15) is 0 Å². The first kappa shape index (κ1) is 17.3. The van der Waals surface area contributed by atoms with Gasteiger partial charge < -0.3 is 15.0 Å². The van der Waals surface area contributed by atoms with Crippen LogP contribution in [0.2, 0.25) is 0 Å². The van der Waals surface area contributed by atoms with Crippen LogP contribution >= 0.6 is 11.6 Å². The zero-order valence-corrected chi connectivity index (χ0v) is 13.1. The molecule has 7 heteroatoms. The smallest absolute Gasteiger partial charge is 0.321 e. The molecule has 0 bridgehead atoms. The standard InChI is InChI=1S/C14H20ClN3O3/c1-18(2)12(9-16-14(20)17-13(19)8-15)10-5-4-6-11(7-10)21-3/h4-7,12H,8-9H2,1-3H3,(H2,16,17,19,20). The highest BCUT2D eigenvalue weighted by Gasteiger charge is 2.16. The number of alkyl halides is 1. The number of nitrogens with zero attached hydrogens (tertiary/aromatic N) is 1. The fourth-order valence-corrected chi connectivity index (χ4v) is 1.91. The van der Waals surface area contributed by atoms with Gasteiger partial charge in [0.2, 0.25) is 5.91 Å². The zero-order chi connectivity index (χ0) is 15.8. The van der Waals surface area contributed by atoms with Crippen LogP contribution in [0.4, 0.5) is 4.79 Å². The van der Waals surface area contributed by atoms with E-state index in [1.807, 2.05) is 43.3 Å². The highest BCUT2D eigenvalue weighted by molar-refractivity contribution is 6.28. The van der Waals surface area contributed by atoms with Gasteiger partial charge in [-0.3, -0.25) is 10.1 Å². The Morgan fingerprint density at radius 3 is 2.67 bits per heavy atom. The third kappa shape index (κ3) is 5.61. The second-order valence-corrected chi connectivity index (χ2v) is 4.92. The lowest BCUT2D eigenvalue weighted by Gasteiger charge is -2.25. The molecule has 0 heterocycles. The van der Waals surface area contributed by atoms with Gasteiger partial charge in [-0.1, -0.05) is 12.1 Å². The Kier molecular flexibility index (Phi) is 6.98. The summed E-state index contributed by atoms with van der Waals surface area (Å²) < 4.78 is 5.20. The third-order valence-corrected chi connectivity index (χ3v) is 3.17. The van der Waals surface area contributed by atoms with Gasteiger partial charge in [0.05, 0.1) is 13.2 Å². The summed E-state index contributed by atoms with van der Waals surface area (Å²) in [7, 11) is 5.43. The van der Waals surface area contributed by atoms with E-state index >= 15 is 0 Å². The van der Waals surface area contributed by atoms with Crippen LogP contribution in [0.1, 0.15) is 11.6 Å². The van der Waals surface area contributed by atoms with Crippen molar-refractivity contribution < 1.29 is 14.3 Å². The molecule has 3 amide bonds. The van der Waals surface area contributed by atoms with Gasteiger partial charge in [0.15, 0.2) is 0 Å². The number of likely N-dealkylation sites (N-methyl/N-ethyl adjacent to an activating group) is 1. The molecule has 116 valence electrons. The van der Waals surface area contributed by atoms with E-state index in [9.17, 15) is 9.59 Å². The van der Waals surface area contributed by atoms with Gasteiger partial charge in [0, 0.05) is 6.54 Å². The first-order valence-electron chi connectivity index (χ1n) is 6.42. The van der Waals surface area contributed by atoms with Crippen molar-refractivity contribution in [3.63, 3.8) is 0 Å². The van der Waals surface area contributed by atoms with E-state index in [4.69, 9.17) is 16.3 Å². The number of benzene rings is 1. The summed E-state index contributed by atoms with van der Waals surface area (Å²) in [6.07, 6.45) is 0. The number of urea groups is 1. The molecule has 0 aliphatic heterocycles. The molecule has 1 aromatic rings. The number of methoxy groups -OCH3 is 1. The molecule has 1 aromatic carbocycles. The topological polar surface area (TPSA) is 70.7 Å². The van der Waals surface area contributed by atoms with E-state index in [-0.39, 0.29) is 11.9 Å². The molecule has 0 aliphatic carbocycles. The molecule has 0 aromatic heterocycles. The van der Waals surface area contributed by atoms with Gasteiger partial charge in [0.1, 0.15) is 11.6 Å². The Labute approximate surface area is 129 Å². The second-order valence-electron chi connectivity index (χ2n) is 4.65. The van der Waals surface area contributed by atoms with Crippen molar-refractivity contribution in [2.75, 3.05) is 33.6 Å². The van der Waals surface area contributed by atoms with E-state index in [0.717, 1.165) is 11.3 Å². The Bertz CT molecular complexity index is 494. The number of amides is 3. The van der Waals surface area contributed by atoms with Crippen molar-refractivity contribution in [1.29, 1.82) is 0 Å². The van der Waals surface area contributed by atoms with Gasteiger partial charge in [0.25, 0.3) is 0 Å². The lowest BCUT2D eigenvalue weighted by Crippen LogP contribution is -2.43. The summed E-state index contributed by atoms with van der Waals surface area (Å²) >= 11 is 5.32. The van der Waals surface area contributed by atoms with E-state index in [2.05, 4.69) is 10.6 Å². The number of rotatable bonds is 6. The SMILES string of the molecule is COc1cccc(C(CNC(=O)NC(=O)CCl)N(C)C)c1. The molecular formula is C14H20ClN3O3. The number of carbonyl (C=O) groups is 2. The van der Waals surface area contributed by atoms with Crippen LogP contribution in [-0.2, 0) is 4.79 Å². The average Bonchev–Trinajstić information content (AvgIpc) is 2.47. The first-order valence-corrected chi connectivity index (χ1v) is 6.95. The summed E-state index contributed by atoms with van der Waals surface area (Å²) in [5.74, 6) is -0.0292. The normalized spacial score (nSPS) is 11.9. The number of imide groups is 1. The number of ether oxygens (including phenoxy) is 1. The Morgan fingerprint density at radius 1 is 1.38 bits per heavy atom. The minimum absolute atomic E-state index is 0.0445. The Morgan fingerprint density at radius 2 is 2.10 bits per heavy atom. The summed E-state index contributed by atoms with van der Waals surface area (Å²) in [5.41, 5.74) is 1.00. The predicted molar refractivity (Wildman–Crippen MR) is 81.7 cm³/mol. The Balaban J connectivity index is 2.70. The molecule has 0 radical (unpaired) electrons.